The van der Waals surface area contributed by atoms with Gasteiger partial charge in [0.05, 0.1) is 16.5 Å². The van der Waals surface area contributed by atoms with Gasteiger partial charge in [-0.2, -0.15) is 0 Å². The first-order chi connectivity index (χ1) is 9.97. The maximum atomic E-state index is 11.9. The van der Waals surface area contributed by atoms with Crippen molar-refractivity contribution >= 4 is 44.3 Å². The molecule has 21 heavy (non-hydrogen) atoms. The van der Waals surface area contributed by atoms with E-state index in [-0.39, 0.29) is 16.6 Å². The molecule has 1 atom stereocenters. The van der Waals surface area contributed by atoms with Crippen molar-refractivity contribution in [3.63, 3.8) is 0 Å². The molecule has 0 saturated carbocycles. The third kappa shape index (κ3) is 4.02. The van der Waals surface area contributed by atoms with Crippen molar-refractivity contribution in [1.29, 1.82) is 0 Å². The van der Waals surface area contributed by atoms with E-state index >= 15 is 0 Å². The van der Waals surface area contributed by atoms with Crippen LogP contribution in [0, 0.1) is 0 Å². The average molecular weight is 372 g/mol. The molecule has 1 unspecified atom stereocenters. The highest BCUT2D eigenvalue weighted by Gasteiger charge is 2.17. The van der Waals surface area contributed by atoms with Crippen molar-refractivity contribution < 1.29 is 23.3 Å². The number of furan rings is 1. The molecule has 1 aromatic heterocycles. The summed E-state index contributed by atoms with van der Waals surface area (Å²) in [7, 11) is -1.75. The van der Waals surface area contributed by atoms with Crippen LogP contribution in [-0.2, 0) is 15.6 Å². The Morgan fingerprint density at radius 3 is 2.57 bits per heavy atom. The molecule has 1 amide bonds. The number of hydrogen-bond donors (Lipinski definition) is 2. The highest BCUT2D eigenvalue weighted by atomic mass is 79.9. The molecule has 0 saturated heterocycles. The Hall–Kier alpha value is -1.93. The zero-order chi connectivity index (χ0) is 15.4. The van der Waals surface area contributed by atoms with Crippen LogP contribution in [0.1, 0.15) is 10.6 Å². The van der Waals surface area contributed by atoms with Gasteiger partial charge >= 0.3 is 5.97 Å². The number of anilines is 1. The Balaban J connectivity index is 2.00. The maximum Gasteiger partial charge on any atom is 0.371 e. The van der Waals surface area contributed by atoms with E-state index in [2.05, 4.69) is 21.2 Å². The summed E-state index contributed by atoms with van der Waals surface area (Å²) in [5, 5.41) is 11.3. The predicted molar refractivity (Wildman–Crippen MR) is 79.7 cm³/mol. The van der Waals surface area contributed by atoms with E-state index in [1.807, 2.05) is 0 Å². The lowest BCUT2D eigenvalue weighted by Crippen LogP contribution is -2.19. The number of amides is 1. The van der Waals surface area contributed by atoms with Crippen molar-refractivity contribution in [2.24, 2.45) is 0 Å². The first kappa shape index (κ1) is 15.5. The highest BCUT2D eigenvalue weighted by Crippen LogP contribution is 2.21. The van der Waals surface area contributed by atoms with E-state index in [0.29, 0.717) is 10.2 Å². The lowest BCUT2D eigenvalue weighted by molar-refractivity contribution is -0.113. The molecule has 2 rings (SSSR count). The number of halogens is 1. The molecule has 8 heteroatoms. The van der Waals surface area contributed by atoms with Crippen molar-refractivity contribution in [2.75, 3.05) is 11.1 Å². The van der Waals surface area contributed by atoms with Crippen molar-refractivity contribution in [2.45, 2.75) is 5.09 Å². The maximum absolute atomic E-state index is 11.9. The molecule has 1 aromatic carbocycles. The Morgan fingerprint density at radius 1 is 1.24 bits per heavy atom. The number of para-hydroxylation sites is 1. The van der Waals surface area contributed by atoms with Crippen LogP contribution in [0.25, 0.3) is 0 Å². The number of aromatic carboxylic acids is 1. The second kappa shape index (κ2) is 6.68. The van der Waals surface area contributed by atoms with E-state index in [1.165, 1.54) is 12.1 Å². The number of carbonyl (C=O) groups excluding carboxylic acids is 1. The van der Waals surface area contributed by atoms with E-state index in [1.54, 1.807) is 24.3 Å². The summed E-state index contributed by atoms with van der Waals surface area (Å²) in [6, 6.07) is 9.49. The number of hydrogen-bond acceptors (Lipinski definition) is 4. The second-order valence-electron chi connectivity index (χ2n) is 3.94. The number of carboxylic acid groups (broad SMARTS) is 1. The summed E-state index contributed by atoms with van der Waals surface area (Å²) in [6.45, 7) is 0. The molecular formula is C13H10BrNO5S. The molecule has 0 radical (unpaired) electrons. The average Bonchev–Trinajstić information content (AvgIpc) is 2.91. The normalized spacial score (nSPS) is 11.9. The summed E-state index contributed by atoms with van der Waals surface area (Å²) in [5.74, 6) is -2.36. The fourth-order valence-electron chi connectivity index (χ4n) is 1.50. The fourth-order valence-corrected chi connectivity index (χ4v) is 2.74. The molecule has 0 aliphatic rings. The summed E-state index contributed by atoms with van der Waals surface area (Å²) < 4.78 is 17.5. The first-order valence-electron chi connectivity index (χ1n) is 5.73. The van der Waals surface area contributed by atoms with Crippen LogP contribution in [0.15, 0.2) is 50.4 Å². The molecular weight excluding hydrogens is 362 g/mol. The van der Waals surface area contributed by atoms with Gasteiger partial charge in [-0.05, 0) is 40.2 Å². The molecule has 110 valence electrons. The minimum atomic E-state index is -1.75. The van der Waals surface area contributed by atoms with Crippen LogP contribution >= 0.6 is 15.9 Å². The van der Waals surface area contributed by atoms with E-state index in [0.717, 1.165) is 0 Å². The monoisotopic (exact) mass is 371 g/mol. The third-order valence-electron chi connectivity index (χ3n) is 2.43. The standard InChI is InChI=1S/C13H10BrNO5S/c14-8-3-1-2-4-9(8)15-11(16)7-21(19)12-6-5-10(20-12)13(17)18/h1-6H,7H2,(H,15,16)(H,17,18). The summed E-state index contributed by atoms with van der Waals surface area (Å²) in [6.07, 6.45) is 0. The lowest BCUT2D eigenvalue weighted by atomic mass is 10.3. The molecule has 1 heterocycles. The Bertz CT molecular complexity index is 712. The molecule has 0 fully saturated rings. The van der Waals surface area contributed by atoms with E-state index in [4.69, 9.17) is 9.52 Å². The molecule has 2 N–H and O–H groups in total. The summed E-state index contributed by atoms with van der Waals surface area (Å²) >= 11 is 3.28. The zero-order valence-electron chi connectivity index (χ0n) is 10.5. The smallest absolute Gasteiger partial charge is 0.371 e. The van der Waals surface area contributed by atoms with E-state index < -0.39 is 22.7 Å². The van der Waals surface area contributed by atoms with Gasteiger partial charge in [-0.3, -0.25) is 9.00 Å². The SMILES string of the molecule is O=C(CS(=O)c1ccc(C(=O)O)o1)Nc1ccccc1Br. The van der Waals surface area contributed by atoms with Crippen LogP contribution in [0.2, 0.25) is 0 Å². The van der Waals surface area contributed by atoms with Gasteiger partial charge in [-0.15, -0.1) is 0 Å². The molecule has 2 aromatic rings. The summed E-state index contributed by atoms with van der Waals surface area (Å²) in [5.41, 5.74) is 0.560. The molecule has 0 spiro atoms. The Labute approximate surface area is 130 Å². The van der Waals surface area contributed by atoms with E-state index in [9.17, 15) is 13.8 Å². The second-order valence-corrected chi connectivity index (χ2v) is 6.18. The Morgan fingerprint density at radius 2 is 1.95 bits per heavy atom. The van der Waals surface area contributed by atoms with Crippen molar-refractivity contribution in [3.8, 4) is 0 Å². The van der Waals surface area contributed by atoms with Crippen LogP contribution < -0.4 is 5.32 Å². The van der Waals surface area contributed by atoms with Gasteiger partial charge in [0.15, 0.2) is 5.09 Å². The van der Waals surface area contributed by atoms with Crippen LogP contribution in [0.3, 0.4) is 0 Å². The van der Waals surface area contributed by atoms with Crippen LogP contribution in [0.4, 0.5) is 5.69 Å². The quantitative estimate of drug-likeness (QED) is 0.841. The van der Waals surface area contributed by atoms with Crippen molar-refractivity contribution in [1.82, 2.24) is 0 Å². The van der Waals surface area contributed by atoms with Crippen molar-refractivity contribution in [3.05, 3.63) is 46.6 Å². The number of benzene rings is 1. The largest absolute Gasteiger partial charge is 0.475 e. The lowest BCUT2D eigenvalue weighted by Gasteiger charge is -2.06. The van der Waals surface area contributed by atoms with Gasteiger partial charge in [0.2, 0.25) is 11.7 Å². The summed E-state index contributed by atoms with van der Waals surface area (Å²) in [4.78, 5) is 22.5. The van der Waals surface area contributed by atoms with Gasteiger partial charge in [-0.25, -0.2) is 4.79 Å². The zero-order valence-corrected chi connectivity index (χ0v) is 12.9. The first-order valence-corrected chi connectivity index (χ1v) is 7.84. The van der Waals surface area contributed by atoms with Crippen LogP contribution in [-0.4, -0.2) is 26.9 Å². The number of carboxylic acids is 1. The van der Waals surface area contributed by atoms with Crippen LogP contribution in [0.5, 0.6) is 0 Å². The topological polar surface area (TPSA) is 96.6 Å². The number of rotatable bonds is 5. The number of carbonyl (C=O) groups is 2. The minimum absolute atomic E-state index is 0.0466. The van der Waals surface area contributed by atoms with Gasteiger partial charge < -0.3 is 14.8 Å². The number of nitrogens with one attached hydrogen (secondary N) is 1. The van der Waals surface area contributed by atoms with Gasteiger partial charge in [0.1, 0.15) is 5.75 Å². The highest BCUT2D eigenvalue weighted by molar-refractivity contribution is 9.10. The molecule has 0 aliphatic carbocycles. The van der Waals surface area contributed by atoms with Gasteiger partial charge in [0.25, 0.3) is 0 Å². The molecule has 0 aliphatic heterocycles. The minimum Gasteiger partial charge on any atom is -0.475 e. The fraction of sp³-hybridized carbons (Fsp3) is 0.0769. The predicted octanol–water partition coefficient (Wildman–Crippen LogP) is 2.49. The molecule has 6 nitrogen and oxygen atoms in total. The molecule has 0 bridgehead atoms. The third-order valence-corrected chi connectivity index (χ3v) is 4.31. The Kier molecular flexibility index (Phi) is 4.92. The van der Waals surface area contributed by atoms with Gasteiger partial charge in [0, 0.05) is 4.47 Å². The van der Waals surface area contributed by atoms with Gasteiger partial charge in [-0.1, -0.05) is 12.1 Å².